The number of ether oxygens (including phenoxy) is 1. The molecule has 1 aromatic carbocycles. The predicted octanol–water partition coefficient (Wildman–Crippen LogP) is 3.38. The van der Waals surface area contributed by atoms with Crippen molar-refractivity contribution in [3.05, 3.63) is 56.4 Å². The molecular weight excluding hydrogens is 351 g/mol. The summed E-state index contributed by atoms with van der Waals surface area (Å²) in [6.07, 6.45) is 0.858. The third-order valence-corrected chi connectivity index (χ3v) is 3.03. The average molecular weight is 357 g/mol. The van der Waals surface area contributed by atoms with Crippen LogP contribution in [-0.2, 0) is 0 Å². The summed E-state index contributed by atoms with van der Waals surface area (Å²) in [7, 11) is 0. The first kappa shape index (κ1) is 14.9. The summed E-state index contributed by atoms with van der Waals surface area (Å²) in [5.41, 5.74) is -0.978. The van der Waals surface area contributed by atoms with Crippen molar-refractivity contribution in [2.24, 2.45) is 0 Å². The van der Waals surface area contributed by atoms with Crippen molar-refractivity contribution in [1.29, 1.82) is 0 Å². The molecule has 0 fully saturated rings. The van der Waals surface area contributed by atoms with Crippen molar-refractivity contribution in [2.45, 2.75) is 0 Å². The number of nitrogens with zero attached hydrogens (tertiary/aromatic N) is 2. The lowest BCUT2D eigenvalue weighted by molar-refractivity contribution is -0.385. The fourth-order valence-corrected chi connectivity index (χ4v) is 1.67. The Bertz CT molecular complexity index is 738. The molecule has 0 amide bonds. The Balaban J connectivity index is 2.41. The highest BCUT2D eigenvalue weighted by molar-refractivity contribution is 9.10. The van der Waals surface area contributed by atoms with Gasteiger partial charge in [0.05, 0.1) is 9.40 Å². The van der Waals surface area contributed by atoms with Crippen LogP contribution in [0.5, 0.6) is 11.6 Å². The van der Waals surface area contributed by atoms with E-state index in [-0.39, 0.29) is 16.1 Å². The van der Waals surface area contributed by atoms with Crippen LogP contribution in [-0.4, -0.2) is 21.0 Å². The molecule has 7 nitrogen and oxygen atoms in total. The van der Waals surface area contributed by atoms with Crippen LogP contribution in [0.4, 0.5) is 10.1 Å². The van der Waals surface area contributed by atoms with Crippen molar-refractivity contribution in [1.82, 2.24) is 4.98 Å². The smallest absolute Gasteiger partial charge is 0.341 e. The number of rotatable bonds is 4. The minimum absolute atomic E-state index is 0.0135. The topological polar surface area (TPSA) is 103 Å². The molecule has 108 valence electrons. The normalized spacial score (nSPS) is 10.2. The van der Waals surface area contributed by atoms with Gasteiger partial charge in [0, 0.05) is 12.1 Å². The van der Waals surface area contributed by atoms with Crippen molar-refractivity contribution in [3.63, 3.8) is 0 Å². The number of carboxylic acid groups (broad SMARTS) is 1. The van der Waals surface area contributed by atoms with Crippen molar-refractivity contribution >= 4 is 27.6 Å². The number of aromatic carboxylic acids is 1. The van der Waals surface area contributed by atoms with Gasteiger partial charge in [-0.1, -0.05) is 0 Å². The monoisotopic (exact) mass is 356 g/mol. The average Bonchev–Trinajstić information content (AvgIpc) is 2.43. The Hall–Kier alpha value is -2.55. The quantitative estimate of drug-likeness (QED) is 0.665. The van der Waals surface area contributed by atoms with Gasteiger partial charge in [0.2, 0.25) is 5.88 Å². The highest BCUT2D eigenvalue weighted by atomic mass is 79.9. The Kier molecular flexibility index (Phi) is 4.13. The van der Waals surface area contributed by atoms with E-state index in [1.54, 1.807) is 0 Å². The van der Waals surface area contributed by atoms with Crippen molar-refractivity contribution in [3.8, 4) is 11.6 Å². The van der Waals surface area contributed by atoms with Crippen LogP contribution in [0.3, 0.4) is 0 Å². The van der Waals surface area contributed by atoms with Gasteiger partial charge >= 0.3 is 5.97 Å². The number of carboxylic acids is 1. The lowest BCUT2D eigenvalue weighted by Crippen LogP contribution is -2.03. The first-order chi connectivity index (χ1) is 9.88. The number of aromatic nitrogens is 1. The minimum atomic E-state index is -1.45. The summed E-state index contributed by atoms with van der Waals surface area (Å²) in [4.78, 5) is 24.5. The van der Waals surface area contributed by atoms with Gasteiger partial charge < -0.3 is 9.84 Å². The molecular formula is C12H6BrFN2O5. The molecule has 0 aliphatic carbocycles. The Morgan fingerprint density at radius 1 is 1.43 bits per heavy atom. The third kappa shape index (κ3) is 3.31. The second kappa shape index (κ2) is 5.83. The van der Waals surface area contributed by atoms with Crippen LogP contribution in [0.2, 0.25) is 0 Å². The van der Waals surface area contributed by atoms with Gasteiger partial charge in [-0.2, -0.15) is 0 Å². The Labute approximate surface area is 125 Å². The SMILES string of the molecule is O=C(O)c1cc([N+](=O)[O-])cnc1Oc1ccc(Br)c(F)c1. The van der Waals surface area contributed by atoms with Gasteiger partial charge in [0.25, 0.3) is 5.69 Å². The lowest BCUT2D eigenvalue weighted by Gasteiger charge is -2.07. The van der Waals surface area contributed by atoms with Gasteiger partial charge in [0.15, 0.2) is 0 Å². The molecule has 21 heavy (non-hydrogen) atoms. The molecule has 9 heteroatoms. The van der Waals surface area contributed by atoms with E-state index in [4.69, 9.17) is 9.84 Å². The number of carbonyl (C=O) groups is 1. The first-order valence-corrected chi connectivity index (χ1v) is 6.18. The summed E-state index contributed by atoms with van der Waals surface area (Å²) in [6.45, 7) is 0. The van der Waals surface area contributed by atoms with E-state index in [2.05, 4.69) is 20.9 Å². The van der Waals surface area contributed by atoms with E-state index in [0.29, 0.717) is 0 Å². The highest BCUT2D eigenvalue weighted by Crippen LogP contribution is 2.28. The lowest BCUT2D eigenvalue weighted by atomic mass is 10.2. The maximum absolute atomic E-state index is 13.4. The molecule has 2 rings (SSSR count). The summed E-state index contributed by atoms with van der Waals surface area (Å²) < 4.78 is 18.7. The van der Waals surface area contributed by atoms with E-state index >= 15 is 0 Å². The van der Waals surface area contributed by atoms with Gasteiger partial charge in [-0.3, -0.25) is 10.1 Å². The molecule has 0 saturated carbocycles. The Morgan fingerprint density at radius 3 is 2.71 bits per heavy atom. The zero-order valence-electron chi connectivity index (χ0n) is 10.1. The van der Waals surface area contributed by atoms with Gasteiger partial charge in [-0.05, 0) is 28.1 Å². The molecule has 0 aliphatic heterocycles. The molecule has 0 saturated heterocycles. The van der Waals surface area contributed by atoms with E-state index < -0.39 is 28.0 Å². The number of hydrogen-bond acceptors (Lipinski definition) is 5. The number of halogens is 2. The van der Waals surface area contributed by atoms with Gasteiger partial charge in [-0.15, -0.1) is 0 Å². The molecule has 0 radical (unpaired) electrons. The summed E-state index contributed by atoms with van der Waals surface area (Å²) in [5, 5.41) is 19.6. The third-order valence-electron chi connectivity index (χ3n) is 2.38. The standard InChI is InChI=1S/C12H6BrFN2O5/c13-9-2-1-7(4-10(9)14)21-11-8(12(17)18)3-6(5-15-11)16(19)20/h1-5H,(H,17,18). The molecule has 0 aliphatic rings. The van der Waals surface area contributed by atoms with Crippen LogP contribution < -0.4 is 4.74 Å². The molecule has 0 atom stereocenters. The van der Waals surface area contributed by atoms with Crippen LogP contribution in [0, 0.1) is 15.9 Å². The molecule has 2 aromatic rings. The van der Waals surface area contributed by atoms with Crippen LogP contribution in [0.25, 0.3) is 0 Å². The highest BCUT2D eigenvalue weighted by Gasteiger charge is 2.19. The van der Waals surface area contributed by atoms with Crippen LogP contribution in [0.15, 0.2) is 34.9 Å². The second-order valence-corrected chi connectivity index (χ2v) is 4.64. The fourth-order valence-electron chi connectivity index (χ4n) is 1.43. The molecule has 1 heterocycles. The number of hydrogen-bond donors (Lipinski definition) is 1. The van der Waals surface area contributed by atoms with Crippen molar-refractivity contribution in [2.75, 3.05) is 0 Å². The minimum Gasteiger partial charge on any atom is -0.477 e. The summed E-state index contributed by atoms with van der Waals surface area (Å²) >= 11 is 2.96. The number of nitro groups is 1. The Morgan fingerprint density at radius 2 is 2.14 bits per heavy atom. The van der Waals surface area contributed by atoms with E-state index in [0.717, 1.165) is 18.3 Å². The van der Waals surface area contributed by atoms with Gasteiger partial charge in [-0.25, -0.2) is 14.2 Å². The maximum Gasteiger partial charge on any atom is 0.341 e. The van der Waals surface area contributed by atoms with Crippen molar-refractivity contribution < 1.29 is 24.0 Å². The van der Waals surface area contributed by atoms with E-state index in [1.807, 2.05) is 0 Å². The molecule has 1 aromatic heterocycles. The molecule has 0 spiro atoms. The second-order valence-electron chi connectivity index (χ2n) is 3.79. The molecule has 0 bridgehead atoms. The molecule has 0 unspecified atom stereocenters. The zero-order valence-corrected chi connectivity index (χ0v) is 11.7. The zero-order chi connectivity index (χ0) is 15.6. The van der Waals surface area contributed by atoms with Crippen LogP contribution >= 0.6 is 15.9 Å². The number of benzene rings is 1. The summed E-state index contributed by atoms with van der Waals surface area (Å²) in [6, 6.07) is 4.61. The maximum atomic E-state index is 13.4. The van der Waals surface area contributed by atoms with E-state index in [9.17, 15) is 19.3 Å². The fraction of sp³-hybridized carbons (Fsp3) is 0. The van der Waals surface area contributed by atoms with Crippen LogP contribution in [0.1, 0.15) is 10.4 Å². The summed E-state index contributed by atoms with van der Waals surface area (Å²) in [5.74, 6) is -2.40. The largest absolute Gasteiger partial charge is 0.477 e. The number of pyridine rings is 1. The van der Waals surface area contributed by atoms with Gasteiger partial charge in [0.1, 0.15) is 23.3 Å². The molecule has 1 N–H and O–H groups in total. The first-order valence-electron chi connectivity index (χ1n) is 5.39. The van der Waals surface area contributed by atoms with E-state index in [1.165, 1.54) is 12.1 Å². The predicted molar refractivity (Wildman–Crippen MR) is 72.0 cm³/mol.